The molecule has 0 bridgehead atoms. The number of piperazine rings is 1. The van der Waals surface area contributed by atoms with Gasteiger partial charge in [0.25, 0.3) is 0 Å². The van der Waals surface area contributed by atoms with Crippen LogP contribution >= 0.6 is 0 Å². The van der Waals surface area contributed by atoms with Crippen molar-refractivity contribution in [3.63, 3.8) is 0 Å². The van der Waals surface area contributed by atoms with E-state index in [2.05, 4.69) is 34.3 Å². The predicted octanol–water partition coefficient (Wildman–Crippen LogP) is 1.90. The highest BCUT2D eigenvalue weighted by atomic mass is 16.5. The Morgan fingerprint density at radius 1 is 1.16 bits per heavy atom. The van der Waals surface area contributed by atoms with E-state index in [1.807, 2.05) is 24.2 Å². The third kappa shape index (κ3) is 6.68. The number of methoxy groups -OCH3 is 1. The van der Waals surface area contributed by atoms with Crippen LogP contribution < -0.4 is 21.0 Å². The fraction of sp³-hybridized carbons (Fsp3) is 0.500. The number of hydrogen-bond acceptors (Lipinski definition) is 9. The molecule has 2 heterocycles. The molecule has 1 aromatic rings. The zero-order valence-corrected chi connectivity index (χ0v) is 22.5. The van der Waals surface area contributed by atoms with Crippen LogP contribution in [0, 0.1) is 10.8 Å². The fourth-order valence-corrected chi connectivity index (χ4v) is 4.52. The van der Waals surface area contributed by atoms with Crippen molar-refractivity contribution in [1.29, 1.82) is 10.8 Å². The topological polar surface area (TPSA) is 128 Å². The lowest BCUT2D eigenvalue weighted by molar-refractivity contribution is 0.134. The lowest BCUT2D eigenvalue weighted by atomic mass is 10.0. The molecule has 11 nitrogen and oxygen atoms in total. The maximum absolute atomic E-state index is 13.6. The molecule has 202 valence electrons. The van der Waals surface area contributed by atoms with E-state index in [1.165, 1.54) is 6.20 Å². The molecule has 2 aliphatic heterocycles. The summed E-state index contributed by atoms with van der Waals surface area (Å²) in [7, 11) is 5.25. The summed E-state index contributed by atoms with van der Waals surface area (Å²) >= 11 is 0. The van der Waals surface area contributed by atoms with E-state index < -0.39 is 0 Å². The standard InChI is InChI=1S/C26H41N9O2/c1-5-33-12-14-34(15-13-33)22-8-6-21(7-9-22)32(3)26(36)35-11-10-23(24(29)20(18-27)19-28)25(35)30-31(2)16-17-37-4/h6-9,18-19,27,29-30H,5,10-17,28H2,1-4H3/b20-19+,27-18?,29-24?. The molecule has 0 unspecified atom stereocenters. The zero-order valence-electron chi connectivity index (χ0n) is 22.5. The SMILES string of the molecule is CCN1CCN(c2ccc(N(C)C(=O)N3CCC(C(=N)/C(C=N)=C/N)=C3NN(C)CCOC)cc2)CC1. The number of allylic oxidation sites excluding steroid dienone is 1. The molecule has 1 fully saturated rings. The number of nitrogens with two attached hydrogens (primary N) is 1. The number of rotatable bonds is 11. The van der Waals surface area contributed by atoms with Crippen LogP contribution in [0.5, 0.6) is 0 Å². The summed E-state index contributed by atoms with van der Waals surface area (Å²) in [5.41, 5.74) is 11.9. The van der Waals surface area contributed by atoms with Gasteiger partial charge in [-0.2, -0.15) is 0 Å². The molecule has 0 aliphatic carbocycles. The number of nitrogens with zero attached hydrogens (tertiary/aromatic N) is 5. The summed E-state index contributed by atoms with van der Waals surface area (Å²) in [5, 5.41) is 18.0. The van der Waals surface area contributed by atoms with Gasteiger partial charge >= 0.3 is 6.03 Å². The van der Waals surface area contributed by atoms with Gasteiger partial charge in [-0.3, -0.25) is 15.2 Å². The van der Waals surface area contributed by atoms with E-state index >= 15 is 0 Å². The minimum Gasteiger partial charge on any atom is -0.404 e. The second kappa shape index (κ2) is 13.2. The second-order valence-electron chi connectivity index (χ2n) is 9.18. The molecule has 37 heavy (non-hydrogen) atoms. The first-order valence-electron chi connectivity index (χ1n) is 12.7. The smallest absolute Gasteiger partial charge is 0.329 e. The van der Waals surface area contributed by atoms with Crippen LogP contribution in [0.4, 0.5) is 16.2 Å². The van der Waals surface area contributed by atoms with Crippen molar-refractivity contribution in [3.8, 4) is 0 Å². The number of hydrazine groups is 1. The summed E-state index contributed by atoms with van der Waals surface area (Å²) in [6.45, 7) is 8.88. The Hall–Kier alpha value is -3.41. The van der Waals surface area contributed by atoms with Crippen molar-refractivity contribution < 1.29 is 9.53 Å². The third-order valence-electron chi connectivity index (χ3n) is 6.93. The first kappa shape index (κ1) is 28.2. The molecule has 0 aromatic heterocycles. The van der Waals surface area contributed by atoms with Crippen LogP contribution in [-0.2, 0) is 4.74 Å². The molecule has 2 amide bonds. The number of carbonyl (C=O) groups excluding carboxylic acids is 1. The van der Waals surface area contributed by atoms with Gasteiger partial charge in [-0.05, 0) is 37.2 Å². The Morgan fingerprint density at radius 2 is 1.84 bits per heavy atom. The van der Waals surface area contributed by atoms with Crippen LogP contribution in [0.3, 0.4) is 0 Å². The summed E-state index contributed by atoms with van der Waals surface area (Å²) in [4.78, 5) is 21.7. The minimum atomic E-state index is -0.206. The van der Waals surface area contributed by atoms with Crippen molar-refractivity contribution in [2.24, 2.45) is 5.73 Å². The van der Waals surface area contributed by atoms with E-state index in [-0.39, 0.29) is 11.7 Å². The summed E-state index contributed by atoms with van der Waals surface area (Å²) in [6.07, 6.45) is 2.78. The maximum Gasteiger partial charge on any atom is 0.329 e. The molecule has 0 saturated carbocycles. The van der Waals surface area contributed by atoms with E-state index in [0.717, 1.165) is 50.3 Å². The fourth-order valence-electron chi connectivity index (χ4n) is 4.52. The number of carbonyl (C=O) groups is 1. The molecule has 1 aromatic carbocycles. The molecular weight excluding hydrogens is 470 g/mol. The molecule has 11 heteroatoms. The Balaban J connectivity index is 1.79. The number of hydrogen-bond donors (Lipinski definition) is 4. The molecular formula is C26H41N9O2. The van der Waals surface area contributed by atoms with Crippen molar-refractivity contribution in [3.05, 3.63) is 47.4 Å². The van der Waals surface area contributed by atoms with Gasteiger partial charge in [0.05, 0.1) is 12.3 Å². The monoisotopic (exact) mass is 511 g/mol. The van der Waals surface area contributed by atoms with E-state index in [4.69, 9.17) is 21.3 Å². The average molecular weight is 512 g/mol. The molecule has 5 N–H and O–H groups in total. The number of likely N-dealkylation sites (N-methyl/N-ethyl adjacent to an activating group) is 2. The highest BCUT2D eigenvalue weighted by Gasteiger charge is 2.33. The van der Waals surface area contributed by atoms with Gasteiger partial charge < -0.3 is 31.1 Å². The van der Waals surface area contributed by atoms with Crippen LogP contribution in [0.1, 0.15) is 13.3 Å². The number of benzene rings is 1. The summed E-state index contributed by atoms with van der Waals surface area (Å²) < 4.78 is 5.17. The first-order valence-corrected chi connectivity index (χ1v) is 12.7. The number of urea groups is 1. The molecule has 0 spiro atoms. The highest BCUT2D eigenvalue weighted by molar-refractivity contribution is 6.22. The van der Waals surface area contributed by atoms with Gasteiger partial charge in [-0.15, -0.1) is 0 Å². The van der Waals surface area contributed by atoms with Gasteiger partial charge in [0.15, 0.2) is 0 Å². The summed E-state index contributed by atoms with van der Waals surface area (Å²) in [6, 6.07) is 7.89. The van der Waals surface area contributed by atoms with Crippen LogP contribution in [0.25, 0.3) is 0 Å². The Labute approximate surface area is 220 Å². The van der Waals surface area contributed by atoms with Gasteiger partial charge in [0, 0.05) is 95.4 Å². The quantitative estimate of drug-likeness (QED) is 0.264. The maximum atomic E-state index is 13.6. The zero-order chi connectivity index (χ0) is 26.9. The average Bonchev–Trinajstić information content (AvgIpc) is 3.35. The van der Waals surface area contributed by atoms with Crippen molar-refractivity contribution in [2.75, 3.05) is 83.4 Å². The van der Waals surface area contributed by atoms with Crippen LogP contribution in [-0.4, -0.2) is 106 Å². The van der Waals surface area contributed by atoms with Gasteiger partial charge in [-0.1, -0.05) is 6.92 Å². The van der Waals surface area contributed by atoms with Gasteiger partial charge in [-0.25, -0.2) is 9.80 Å². The number of nitrogens with one attached hydrogen (secondary N) is 3. The van der Waals surface area contributed by atoms with Crippen molar-refractivity contribution in [1.82, 2.24) is 20.2 Å². The molecule has 2 aliphatic rings. The lowest BCUT2D eigenvalue weighted by Crippen LogP contribution is -2.47. The van der Waals surface area contributed by atoms with Crippen LogP contribution in [0.2, 0.25) is 0 Å². The van der Waals surface area contributed by atoms with Gasteiger partial charge in [0.1, 0.15) is 5.82 Å². The second-order valence-corrected chi connectivity index (χ2v) is 9.18. The number of amides is 2. The van der Waals surface area contributed by atoms with E-state index in [9.17, 15) is 4.79 Å². The predicted molar refractivity (Wildman–Crippen MR) is 149 cm³/mol. The molecule has 0 radical (unpaired) electrons. The Bertz CT molecular complexity index is 1010. The van der Waals surface area contributed by atoms with E-state index in [0.29, 0.717) is 43.1 Å². The summed E-state index contributed by atoms with van der Waals surface area (Å²) in [5.74, 6) is 0.520. The lowest BCUT2D eigenvalue weighted by Gasteiger charge is -2.35. The first-order chi connectivity index (χ1) is 17.8. The molecule has 1 saturated heterocycles. The molecule has 0 atom stereocenters. The number of ether oxygens (including phenoxy) is 1. The third-order valence-corrected chi connectivity index (χ3v) is 6.93. The van der Waals surface area contributed by atoms with E-state index in [1.54, 1.807) is 24.0 Å². The van der Waals surface area contributed by atoms with Gasteiger partial charge in [0.2, 0.25) is 0 Å². The minimum absolute atomic E-state index is 0.130. The normalized spacial score (nSPS) is 16.9. The highest BCUT2D eigenvalue weighted by Crippen LogP contribution is 2.28. The van der Waals surface area contributed by atoms with Crippen molar-refractivity contribution >= 4 is 29.3 Å². The Kier molecular flexibility index (Phi) is 10.1. The largest absolute Gasteiger partial charge is 0.404 e. The van der Waals surface area contributed by atoms with Crippen LogP contribution in [0.15, 0.2) is 47.4 Å². The van der Waals surface area contributed by atoms with Crippen molar-refractivity contribution in [2.45, 2.75) is 13.3 Å². The Morgan fingerprint density at radius 3 is 2.41 bits per heavy atom. The molecule has 3 rings (SSSR count). The number of anilines is 2.